The van der Waals surface area contributed by atoms with Crippen molar-refractivity contribution in [1.82, 2.24) is 10.3 Å². The highest BCUT2D eigenvalue weighted by Gasteiger charge is 2.16. The first kappa shape index (κ1) is 28.1. The summed E-state index contributed by atoms with van der Waals surface area (Å²) in [6.45, 7) is 1.93. The van der Waals surface area contributed by atoms with Gasteiger partial charge in [0.1, 0.15) is 17.2 Å². The third-order valence-corrected chi connectivity index (χ3v) is 6.15. The Morgan fingerprint density at radius 2 is 1.73 bits per heavy atom. The number of halogens is 2. The van der Waals surface area contributed by atoms with Crippen LogP contribution in [0.25, 0.3) is 10.9 Å². The van der Waals surface area contributed by atoms with Crippen molar-refractivity contribution in [2.75, 3.05) is 6.61 Å². The molecule has 0 aliphatic rings. The standard InChI is InChI=1S/C28H30ClFN2O5/c1-18(33)6-3-2-4-8-25(34)37-13-5-7-20-14-22-26(24(30)15-20)31-17-23(27(22)35)28(36)32-16-19-9-11-21(29)12-10-19/h9-12,14-15,17H,2-8,13,16H2,1H3,(H,31,35)(H,32,36). The lowest BCUT2D eigenvalue weighted by Crippen LogP contribution is -2.28. The largest absolute Gasteiger partial charge is 0.466 e. The molecule has 1 heterocycles. The molecule has 2 aromatic carbocycles. The quantitative estimate of drug-likeness (QED) is 0.232. The van der Waals surface area contributed by atoms with Crippen LogP contribution < -0.4 is 10.7 Å². The number of esters is 1. The van der Waals surface area contributed by atoms with Gasteiger partial charge in [-0.05, 0) is 68.0 Å². The van der Waals surface area contributed by atoms with Crippen LogP contribution in [0.2, 0.25) is 5.02 Å². The Morgan fingerprint density at radius 1 is 1.00 bits per heavy atom. The first-order valence-corrected chi connectivity index (χ1v) is 12.6. The number of hydrogen-bond donors (Lipinski definition) is 2. The zero-order valence-corrected chi connectivity index (χ0v) is 21.5. The fourth-order valence-electron chi connectivity index (χ4n) is 3.89. The predicted molar refractivity (Wildman–Crippen MR) is 140 cm³/mol. The molecule has 2 N–H and O–H groups in total. The molecule has 0 aliphatic carbocycles. The van der Waals surface area contributed by atoms with Gasteiger partial charge < -0.3 is 19.8 Å². The van der Waals surface area contributed by atoms with Crippen LogP contribution in [0, 0.1) is 5.82 Å². The lowest BCUT2D eigenvalue weighted by Gasteiger charge is -2.09. The van der Waals surface area contributed by atoms with E-state index in [-0.39, 0.29) is 41.4 Å². The zero-order valence-electron chi connectivity index (χ0n) is 20.7. The van der Waals surface area contributed by atoms with E-state index in [1.807, 2.05) is 0 Å². The van der Waals surface area contributed by atoms with E-state index in [2.05, 4.69) is 10.3 Å². The first-order chi connectivity index (χ1) is 17.7. The van der Waals surface area contributed by atoms with E-state index in [0.717, 1.165) is 18.4 Å². The van der Waals surface area contributed by atoms with E-state index in [1.54, 1.807) is 37.3 Å². The van der Waals surface area contributed by atoms with Gasteiger partial charge in [-0.3, -0.25) is 14.4 Å². The van der Waals surface area contributed by atoms with E-state index >= 15 is 0 Å². The van der Waals surface area contributed by atoms with Gasteiger partial charge in [-0.2, -0.15) is 0 Å². The number of aromatic amines is 1. The van der Waals surface area contributed by atoms with Crippen molar-refractivity contribution in [3.8, 4) is 0 Å². The Bertz CT molecular complexity index is 1320. The molecule has 3 aromatic rings. The molecule has 0 spiro atoms. The minimum absolute atomic E-state index is 0.0270. The van der Waals surface area contributed by atoms with Crippen molar-refractivity contribution in [3.63, 3.8) is 0 Å². The minimum Gasteiger partial charge on any atom is -0.466 e. The van der Waals surface area contributed by atoms with Crippen LogP contribution in [0.15, 0.2) is 47.4 Å². The second-order valence-corrected chi connectivity index (χ2v) is 9.36. The number of carbonyl (C=O) groups is 3. The maximum absolute atomic E-state index is 14.7. The Labute approximate surface area is 219 Å². The highest BCUT2D eigenvalue weighted by Crippen LogP contribution is 2.18. The van der Waals surface area contributed by atoms with Gasteiger partial charge in [-0.1, -0.05) is 30.2 Å². The second-order valence-electron chi connectivity index (χ2n) is 8.93. The molecule has 1 amide bonds. The van der Waals surface area contributed by atoms with E-state index in [9.17, 15) is 23.6 Å². The number of rotatable bonds is 13. The zero-order chi connectivity index (χ0) is 26.8. The normalized spacial score (nSPS) is 10.9. The SMILES string of the molecule is CC(=O)CCCCCC(=O)OCCCc1cc(F)c2[nH]cc(C(=O)NCc3ccc(Cl)cc3)c(=O)c2c1. The van der Waals surface area contributed by atoms with Crippen LogP contribution in [-0.2, 0) is 27.3 Å². The molecule has 0 radical (unpaired) electrons. The van der Waals surface area contributed by atoms with E-state index in [0.29, 0.717) is 42.7 Å². The van der Waals surface area contributed by atoms with Crippen LogP contribution >= 0.6 is 11.6 Å². The topological polar surface area (TPSA) is 105 Å². The summed E-state index contributed by atoms with van der Waals surface area (Å²) in [5.41, 5.74) is 0.722. The first-order valence-electron chi connectivity index (χ1n) is 12.3. The number of H-pyrrole nitrogens is 1. The third-order valence-electron chi connectivity index (χ3n) is 5.89. The van der Waals surface area contributed by atoms with Gasteiger partial charge in [0, 0.05) is 36.0 Å². The van der Waals surface area contributed by atoms with Crippen molar-refractivity contribution in [2.24, 2.45) is 0 Å². The fourth-order valence-corrected chi connectivity index (χ4v) is 4.02. The highest BCUT2D eigenvalue weighted by atomic mass is 35.5. The molecule has 196 valence electrons. The van der Waals surface area contributed by atoms with Crippen LogP contribution in [0.4, 0.5) is 4.39 Å². The van der Waals surface area contributed by atoms with Gasteiger partial charge in [0.05, 0.1) is 12.1 Å². The van der Waals surface area contributed by atoms with Gasteiger partial charge in [0.2, 0.25) is 5.43 Å². The molecule has 1 aromatic heterocycles. The number of ketones is 1. The van der Waals surface area contributed by atoms with Gasteiger partial charge >= 0.3 is 5.97 Å². The Kier molecular flexibility index (Phi) is 10.4. The molecule has 0 saturated heterocycles. The number of nitrogens with one attached hydrogen (secondary N) is 2. The maximum Gasteiger partial charge on any atom is 0.305 e. The molecule has 37 heavy (non-hydrogen) atoms. The maximum atomic E-state index is 14.7. The van der Waals surface area contributed by atoms with Gasteiger partial charge in [0.25, 0.3) is 5.91 Å². The minimum atomic E-state index is -0.597. The molecular formula is C28H30ClFN2O5. The average Bonchev–Trinajstić information content (AvgIpc) is 2.86. The molecule has 7 nitrogen and oxygen atoms in total. The summed E-state index contributed by atoms with van der Waals surface area (Å²) in [5.74, 6) is -1.33. The number of pyridine rings is 1. The van der Waals surface area contributed by atoms with Crippen molar-refractivity contribution in [1.29, 1.82) is 0 Å². The van der Waals surface area contributed by atoms with E-state index < -0.39 is 17.2 Å². The number of Topliss-reactive ketones (excluding diaryl/α,β-unsaturated/α-hetero) is 1. The molecule has 0 fully saturated rings. The number of benzene rings is 2. The smallest absolute Gasteiger partial charge is 0.305 e. The number of aromatic nitrogens is 1. The monoisotopic (exact) mass is 528 g/mol. The molecular weight excluding hydrogens is 499 g/mol. The van der Waals surface area contributed by atoms with Crippen LogP contribution in [0.5, 0.6) is 0 Å². The van der Waals surface area contributed by atoms with E-state index in [4.69, 9.17) is 16.3 Å². The summed E-state index contributed by atoms with van der Waals surface area (Å²) < 4.78 is 19.9. The average molecular weight is 529 g/mol. The lowest BCUT2D eigenvalue weighted by molar-refractivity contribution is -0.143. The Morgan fingerprint density at radius 3 is 2.46 bits per heavy atom. The molecule has 0 bridgehead atoms. The number of hydrogen-bond acceptors (Lipinski definition) is 5. The van der Waals surface area contributed by atoms with Crippen LogP contribution in [0.3, 0.4) is 0 Å². The number of amides is 1. The third kappa shape index (κ3) is 8.53. The molecule has 0 atom stereocenters. The number of unbranched alkanes of at least 4 members (excludes halogenated alkanes) is 2. The molecule has 9 heteroatoms. The molecule has 0 unspecified atom stereocenters. The summed E-state index contributed by atoms with van der Waals surface area (Å²) in [4.78, 5) is 51.1. The summed E-state index contributed by atoms with van der Waals surface area (Å²) in [5, 5.41) is 3.35. The number of carbonyl (C=O) groups excluding carboxylic acids is 3. The molecule has 0 aliphatic heterocycles. The summed E-state index contributed by atoms with van der Waals surface area (Å²) >= 11 is 5.87. The van der Waals surface area contributed by atoms with Crippen LogP contribution in [0.1, 0.15) is 66.9 Å². The van der Waals surface area contributed by atoms with Crippen molar-refractivity contribution in [2.45, 2.75) is 58.4 Å². The highest BCUT2D eigenvalue weighted by molar-refractivity contribution is 6.30. The summed E-state index contributed by atoms with van der Waals surface area (Å²) in [7, 11) is 0. The van der Waals surface area contributed by atoms with E-state index in [1.165, 1.54) is 12.3 Å². The molecule has 3 rings (SSSR count). The number of fused-ring (bicyclic) bond motifs is 1. The molecule has 0 saturated carbocycles. The summed E-state index contributed by atoms with van der Waals surface area (Å²) in [6.07, 6.45) is 5.11. The Balaban J connectivity index is 1.55. The summed E-state index contributed by atoms with van der Waals surface area (Å²) in [6, 6.07) is 9.83. The number of aryl methyl sites for hydroxylation is 1. The van der Waals surface area contributed by atoms with Crippen molar-refractivity contribution >= 4 is 40.2 Å². The lowest BCUT2D eigenvalue weighted by atomic mass is 10.0. The second kappa shape index (κ2) is 13.7. The fraction of sp³-hybridized carbons (Fsp3) is 0.357. The van der Waals surface area contributed by atoms with Gasteiger partial charge in [-0.25, -0.2) is 4.39 Å². The van der Waals surface area contributed by atoms with Crippen LogP contribution in [-0.4, -0.2) is 29.3 Å². The van der Waals surface area contributed by atoms with Gasteiger partial charge in [-0.15, -0.1) is 0 Å². The van der Waals surface area contributed by atoms with Crippen molar-refractivity contribution < 1.29 is 23.5 Å². The predicted octanol–water partition coefficient (Wildman–Crippen LogP) is 5.27. The Hall–Kier alpha value is -3.52. The van der Waals surface area contributed by atoms with Gasteiger partial charge in [0.15, 0.2) is 0 Å². The number of ether oxygens (including phenoxy) is 1. The van der Waals surface area contributed by atoms with Crippen molar-refractivity contribution in [3.05, 3.63) is 80.3 Å².